The van der Waals surface area contributed by atoms with E-state index < -0.39 is 0 Å². The molecule has 0 fully saturated rings. The molecule has 0 radical (unpaired) electrons. The fraction of sp³-hybridized carbons (Fsp3) is 0.100. The maximum Gasteiger partial charge on any atom is 0.143 e. The van der Waals surface area contributed by atoms with Crippen molar-refractivity contribution in [2.24, 2.45) is 0 Å². The summed E-state index contributed by atoms with van der Waals surface area (Å²) in [7, 11) is 0. The van der Waals surface area contributed by atoms with Crippen LogP contribution >= 0.6 is 15.9 Å². The van der Waals surface area contributed by atoms with Gasteiger partial charge in [0.05, 0.1) is 5.39 Å². The largest absolute Gasteiger partial charge is 0.363 e. The molecule has 4 aromatic rings. The Morgan fingerprint density at radius 3 is 2.52 bits per heavy atom. The van der Waals surface area contributed by atoms with Gasteiger partial charge in [-0.25, -0.2) is 9.97 Å². The Kier molecular flexibility index (Phi) is 4.24. The monoisotopic (exact) mass is 392 g/mol. The lowest BCUT2D eigenvalue weighted by atomic mass is 10.1. The lowest BCUT2D eigenvalue weighted by Gasteiger charge is -2.15. The molecule has 0 aliphatic rings. The summed E-state index contributed by atoms with van der Waals surface area (Å²) in [6.45, 7) is 2.13. The minimum atomic E-state index is 0.158. The lowest BCUT2D eigenvalue weighted by molar-refractivity contribution is 0.876. The zero-order valence-corrected chi connectivity index (χ0v) is 15.3. The van der Waals surface area contributed by atoms with E-state index in [4.69, 9.17) is 0 Å². The number of nitrogens with zero attached hydrogens (tertiary/aromatic N) is 2. The van der Waals surface area contributed by atoms with Gasteiger partial charge in [-0.3, -0.25) is 0 Å². The van der Waals surface area contributed by atoms with Crippen molar-refractivity contribution in [3.63, 3.8) is 0 Å². The van der Waals surface area contributed by atoms with Gasteiger partial charge in [0.25, 0.3) is 0 Å². The standard InChI is InChI=1S/C20H17BrN4/c1-13(14-5-3-2-4-6-14)24-19-17-11-18(25-20(17)23-12-22-19)15-7-9-16(21)10-8-15/h2-13H,1H3,(H2,22,23,24,25). The number of benzene rings is 2. The van der Waals surface area contributed by atoms with Crippen LogP contribution in [0, 0.1) is 0 Å². The molecule has 2 aromatic carbocycles. The molecule has 0 bridgehead atoms. The van der Waals surface area contributed by atoms with Crippen LogP contribution in [0.2, 0.25) is 0 Å². The number of hydrogen-bond acceptors (Lipinski definition) is 3. The number of aromatic amines is 1. The minimum Gasteiger partial charge on any atom is -0.363 e. The second-order valence-corrected chi connectivity index (χ2v) is 6.87. The zero-order chi connectivity index (χ0) is 17.2. The first-order valence-electron chi connectivity index (χ1n) is 8.12. The summed E-state index contributed by atoms with van der Waals surface area (Å²) in [4.78, 5) is 12.2. The SMILES string of the molecule is CC(Nc1ncnc2[nH]c(-c3ccc(Br)cc3)cc12)c1ccccc1. The van der Waals surface area contributed by atoms with Gasteiger partial charge in [-0.1, -0.05) is 58.4 Å². The highest BCUT2D eigenvalue weighted by molar-refractivity contribution is 9.10. The van der Waals surface area contributed by atoms with E-state index >= 15 is 0 Å². The van der Waals surface area contributed by atoms with Crippen LogP contribution in [0.5, 0.6) is 0 Å². The molecule has 4 rings (SSSR count). The topological polar surface area (TPSA) is 53.6 Å². The van der Waals surface area contributed by atoms with Gasteiger partial charge in [-0.15, -0.1) is 0 Å². The molecule has 0 saturated carbocycles. The van der Waals surface area contributed by atoms with E-state index in [0.717, 1.165) is 32.6 Å². The second-order valence-electron chi connectivity index (χ2n) is 5.95. The molecule has 1 atom stereocenters. The van der Waals surface area contributed by atoms with Gasteiger partial charge >= 0.3 is 0 Å². The van der Waals surface area contributed by atoms with E-state index in [0.29, 0.717) is 0 Å². The first-order valence-corrected chi connectivity index (χ1v) is 8.91. The molecule has 0 amide bonds. The summed E-state index contributed by atoms with van der Waals surface area (Å²) < 4.78 is 1.06. The summed E-state index contributed by atoms with van der Waals surface area (Å²) in [6.07, 6.45) is 1.59. The van der Waals surface area contributed by atoms with Crippen molar-refractivity contribution >= 4 is 32.8 Å². The maximum atomic E-state index is 4.44. The third-order valence-electron chi connectivity index (χ3n) is 4.23. The van der Waals surface area contributed by atoms with Crippen LogP contribution in [0.3, 0.4) is 0 Å². The molecular formula is C20H17BrN4. The van der Waals surface area contributed by atoms with Gasteiger partial charge in [-0.2, -0.15) is 0 Å². The summed E-state index contributed by atoms with van der Waals surface area (Å²) in [5, 5.41) is 4.49. The van der Waals surface area contributed by atoms with Gasteiger partial charge in [0, 0.05) is 16.2 Å². The van der Waals surface area contributed by atoms with E-state index in [9.17, 15) is 0 Å². The van der Waals surface area contributed by atoms with Crippen molar-refractivity contribution in [2.75, 3.05) is 5.32 Å². The number of fused-ring (bicyclic) bond motifs is 1. The van der Waals surface area contributed by atoms with Crippen molar-refractivity contribution in [3.8, 4) is 11.3 Å². The first-order chi connectivity index (χ1) is 12.2. The van der Waals surface area contributed by atoms with Crippen molar-refractivity contribution in [2.45, 2.75) is 13.0 Å². The van der Waals surface area contributed by atoms with E-state index in [1.165, 1.54) is 5.56 Å². The number of anilines is 1. The highest BCUT2D eigenvalue weighted by Crippen LogP contribution is 2.29. The van der Waals surface area contributed by atoms with Crippen LogP contribution in [0.25, 0.3) is 22.3 Å². The fourth-order valence-corrected chi connectivity index (χ4v) is 3.13. The van der Waals surface area contributed by atoms with Crippen LogP contribution in [0.4, 0.5) is 5.82 Å². The molecule has 0 saturated heterocycles. The number of nitrogens with one attached hydrogen (secondary N) is 2. The molecule has 25 heavy (non-hydrogen) atoms. The van der Waals surface area contributed by atoms with E-state index in [2.05, 4.69) is 73.5 Å². The number of rotatable bonds is 4. The Morgan fingerprint density at radius 2 is 1.76 bits per heavy atom. The molecule has 0 aliphatic carbocycles. The third kappa shape index (κ3) is 3.28. The summed E-state index contributed by atoms with van der Waals surface area (Å²) in [5.41, 5.74) is 4.19. The minimum absolute atomic E-state index is 0.158. The Morgan fingerprint density at radius 1 is 1.00 bits per heavy atom. The highest BCUT2D eigenvalue weighted by Gasteiger charge is 2.12. The Hall–Kier alpha value is -2.66. The molecular weight excluding hydrogens is 376 g/mol. The van der Waals surface area contributed by atoms with Crippen LogP contribution in [-0.2, 0) is 0 Å². The van der Waals surface area contributed by atoms with Crippen LogP contribution in [0.1, 0.15) is 18.5 Å². The molecule has 0 aliphatic heterocycles. The number of H-pyrrole nitrogens is 1. The van der Waals surface area contributed by atoms with Gasteiger partial charge in [0.15, 0.2) is 0 Å². The lowest BCUT2D eigenvalue weighted by Crippen LogP contribution is -2.08. The highest BCUT2D eigenvalue weighted by atomic mass is 79.9. The molecule has 5 heteroatoms. The van der Waals surface area contributed by atoms with E-state index in [1.54, 1.807) is 6.33 Å². The zero-order valence-electron chi connectivity index (χ0n) is 13.7. The average molecular weight is 393 g/mol. The van der Waals surface area contributed by atoms with Crippen molar-refractivity contribution < 1.29 is 0 Å². The summed E-state index contributed by atoms with van der Waals surface area (Å²) in [5.74, 6) is 0.834. The van der Waals surface area contributed by atoms with E-state index in [-0.39, 0.29) is 6.04 Å². The predicted octanol–water partition coefficient (Wildman–Crippen LogP) is 5.56. The van der Waals surface area contributed by atoms with Crippen LogP contribution in [0.15, 0.2) is 71.5 Å². The third-order valence-corrected chi connectivity index (χ3v) is 4.76. The van der Waals surface area contributed by atoms with Crippen molar-refractivity contribution in [3.05, 3.63) is 77.0 Å². The van der Waals surface area contributed by atoms with E-state index in [1.807, 2.05) is 30.3 Å². The number of hydrogen-bond donors (Lipinski definition) is 2. The van der Waals surface area contributed by atoms with Crippen molar-refractivity contribution in [1.29, 1.82) is 0 Å². The van der Waals surface area contributed by atoms with Crippen LogP contribution in [-0.4, -0.2) is 15.0 Å². The molecule has 2 heterocycles. The predicted molar refractivity (Wildman–Crippen MR) is 106 cm³/mol. The number of aromatic nitrogens is 3. The van der Waals surface area contributed by atoms with Gasteiger partial charge < -0.3 is 10.3 Å². The summed E-state index contributed by atoms with van der Waals surface area (Å²) >= 11 is 3.47. The van der Waals surface area contributed by atoms with Crippen molar-refractivity contribution in [1.82, 2.24) is 15.0 Å². The average Bonchev–Trinajstić information content (AvgIpc) is 3.08. The van der Waals surface area contributed by atoms with Gasteiger partial charge in [-0.05, 0) is 36.2 Å². The molecule has 0 spiro atoms. The molecule has 124 valence electrons. The smallest absolute Gasteiger partial charge is 0.143 e. The Bertz CT molecular complexity index is 993. The number of halogens is 1. The van der Waals surface area contributed by atoms with Crippen LogP contribution < -0.4 is 5.32 Å². The maximum absolute atomic E-state index is 4.44. The normalized spacial score (nSPS) is 12.2. The van der Waals surface area contributed by atoms with Gasteiger partial charge in [0.1, 0.15) is 17.8 Å². The Balaban J connectivity index is 1.69. The molecule has 4 nitrogen and oxygen atoms in total. The Labute approximate surface area is 154 Å². The molecule has 2 N–H and O–H groups in total. The van der Waals surface area contributed by atoms with Gasteiger partial charge in [0.2, 0.25) is 0 Å². The second kappa shape index (κ2) is 6.69. The first kappa shape index (κ1) is 15.8. The summed E-state index contributed by atoms with van der Waals surface area (Å²) in [6, 6.07) is 20.8. The quantitative estimate of drug-likeness (QED) is 0.477. The fourth-order valence-electron chi connectivity index (χ4n) is 2.87. The molecule has 2 aromatic heterocycles. The molecule has 1 unspecified atom stereocenters.